The second kappa shape index (κ2) is 5.76. The van der Waals surface area contributed by atoms with Crippen molar-refractivity contribution in [2.75, 3.05) is 18.5 Å². The van der Waals surface area contributed by atoms with Gasteiger partial charge in [0, 0.05) is 12.7 Å². The monoisotopic (exact) mass is 234 g/mol. The lowest BCUT2D eigenvalue weighted by Gasteiger charge is -2.21. The van der Waals surface area contributed by atoms with E-state index in [4.69, 9.17) is 5.73 Å². The second-order valence-corrected chi connectivity index (χ2v) is 3.20. The van der Waals surface area contributed by atoms with E-state index in [-0.39, 0.29) is 0 Å². The molecule has 0 spiro atoms. The quantitative estimate of drug-likeness (QED) is 0.751. The maximum Gasteiger partial charge on any atom is 0.338 e. The maximum atomic E-state index is 11.8. The van der Waals surface area contributed by atoms with Gasteiger partial charge in [0.25, 0.3) is 5.91 Å². The molecule has 0 bridgehead atoms. The highest BCUT2D eigenvalue weighted by atomic mass is 16.2. The van der Waals surface area contributed by atoms with Gasteiger partial charge in [0.1, 0.15) is 0 Å². The van der Waals surface area contributed by atoms with Crippen molar-refractivity contribution in [3.63, 3.8) is 0 Å². The summed E-state index contributed by atoms with van der Waals surface area (Å²) in [6.45, 7) is -0.427. The van der Waals surface area contributed by atoms with E-state index in [2.05, 4.69) is 0 Å². The molecular formula is C11H12N3O3. The summed E-state index contributed by atoms with van der Waals surface area (Å²) >= 11 is 0. The SMILES string of the molecule is CN(C(=O)N([C]=O)C(=O)CN)c1ccccc1. The molecule has 6 heteroatoms. The van der Waals surface area contributed by atoms with Gasteiger partial charge in [-0.25, -0.2) is 4.79 Å². The van der Waals surface area contributed by atoms with Gasteiger partial charge >= 0.3 is 12.4 Å². The summed E-state index contributed by atoms with van der Waals surface area (Å²) in [5.41, 5.74) is 5.64. The first kappa shape index (κ1) is 12.9. The molecule has 6 nitrogen and oxygen atoms in total. The highest BCUT2D eigenvalue weighted by molar-refractivity contribution is 6.10. The number of para-hydroxylation sites is 1. The summed E-state index contributed by atoms with van der Waals surface area (Å²) in [6, 6.07) is 7.82. The Morgan fingerprint density at radius 1 is 1.29 bits per heavy atom. The molecule has 0 saturated carbocycles. The largest absolute Gasteiger partial charge is 0.338 e. The fourth-order valence-corrected chi connectivity index (χ4v) is 1.20. The predicted molar refractivity (Wildman–Crippen MR) is 61.8 cm³/mol. The van der Waals surface area contributed by atoms with Gasteiger partial charge in [0.2, 0.25) is 0 Å². The van der Waals surface area contributed by atoms with Crippen LogP contribution in [0.5, 0.6) is 0 Å². The first-order valence-electron chi connectivity index (χ1n) is 4.85. The number of anilines is 1. The van der Waals surface area contributed by atoms with Crippen LogP contribution in [-0.2, 0) is 9.59 Å². The molecule has 0 saturated heterocycles. The first-order chi connectivity index (χ1) is 8.11. The fourth-order valence-electron chi connectivity index (χ4n) is 1.20. The lowest BCUT2D eigenvalue weighted by atomic mass is 10.3. The normalized spacial score (nSPS) is 9.53. The van der Waals surface area contributed by atoms with E-state index in [0.717, 1.165) is 0 Å². The number of carbonyl (C=O) groups is 2. The van der Waals surface area contributed by atoms with Crippen molar-refractivity contribution in [2.45, 2.75) is 0 Å². The summed E-state index contributed by atoms with van der Waals surface area (Å²) in [6.07, 6.45) is 1.27. The van der Waals surface area contributed by atoms with Crippen LogP contribution in [0.3, 0.4) is 0 Å². The molecule has 1 aromatic carbocycles. The maximum absolute atomic E-state index is 11.8. The molecule has 0 aliphatic heterocycles. The molecule has 17 heavy (non-hydrogen) atoms. The Morgan fingerprint density at radius 2 is 1.88 bits per heavy atom. The van der Waals surface area contributed by atoms with Gasteiger partial charge in [-0.1, -0.05) is 18.2 Å². The van der Waals surface area contributed by atoms with E-state index in [9.17, 15) is 14.4 Å². The standard InChI is InChI=1S/C11H12N3O3/c1-13(9-5-3-2-4-6-9)11(17)14(8-15)10(16)7-12/h2-6H,7,12H2,1H3. The minimum absolute atomic E-state index is 0.326. The first-order valence-corrected chi connectivity index (χ1v) is 4.85. The smallest absolute Gasteiger partial charge is 0.322 e. The fraction of sp³-hybridized carbons (Fsp3) is 0.182. The van der Waals surface area contributed by atoms with Crippen LogP contribution < -0.4 is 10.6 Å². The van der Waals surface area contributed by atoms with E-state index in [0.29, 0.717) is 10.6 Å². The predicted octanol–water partition coefficient (Wildman–Crippen LogP) is 0.0973. The van der Waals surface area contributed by atoms with E-state index < -0.39 is 18.5 Å². The Labute approximate surface area is 98.6 Å². The number of nitrogens with two attached hydrogens (primary N) is 1. The summed E-state index contributed by atoms with van der Waals surface area (Å²) in [5, 5.41) is 0. The topological polar surface area (TPSA) is 83.7 Å². The Hall–Kier alpha value is -2.21. The van der Waals surface area contributed by atoms with Crippen LogP contribution in [0.2, 0.25) is 0 Å². The van der Waals surface area contributed by atoms with Crippen LogP contribution in [-0.4, -0.2) is 36.8 Å². The molecule has 0 atom stereocenters. The molecule has 0 unspecified atom stereocenters. The molecule has 1 aromatic rings. The number of imide groups is 3. The van der Waals surface area contributed by atoms with E-state index in [1.54, 1.807) is 30.3 Å². The van der Waals surface area contributed by atoms with Crippen LogP contribution >= 0.6 is 0 Å². The third kappa shape index (κ3) is 2.88. The molecule has 0 aliphatic rings. The van der Waals surface area contributed by atoms with Gasteiger partial charge in [0.05, 0.1) is 6.54 Å². The lowest BCUT2D eigenvalue weighted by molar-refractivity contribution is -0.123. The van der Waals surface area contributed by atoms with Crippen LogP contribution in [0.1, 0.15) is 0 Å². The molecule has 1 rings (SSSR count). The average Bonchev–Trinajstić information content (AvgIpc) is 2.39. The van der Waals surface area contributed by atoms with E-state index in [1.807, 2.05) is 0 Å². The van der Waals surface area contributed by atoms with Crippen molar-refractivity contribution in [1.82, 2.24) is 4.90 Å². The number of urea groups is 1. The van der Waals surface area contributed by atoms with Gasteiger partial charge in [-0.15, -0.1) is 0 Å². The number of amides is 4. The van der Waals surface area contributed by atoms with Crippen LogP contribution in [0.15, 0.2) is 30.3 Å². The van der Waals surface area contributed by atoms with Crippen LogP contribution in [0, 0.1) is 0 Å². The zero-order valence-corrected chi connectivity index (χ0v) is 9.29. The van der Waals surface area contributed by atoms with Gasteiger partial charge in [-0.05, 0) is 12.1 Å². The summed E-state index contributed by atoms with van der Waals surface area (Å²) in [5.74, 6) is -0.798. The number of carbonyl (C=O) groups excluding carboxylic acids is 3. The van der Waals surface area contributed by atoms with Gasteiger partial charge in [-0.2, -0.15) is 4.90 Å². The number of nitrogens with zero attached hydrogens (tertiary/aromatic N) is 2. The number of hydrogen-bond acceptors (Lipinski definition) is 4. The molecule has 2 N–H and O–H groups in total. The van der Waals surface area contributed by atoms with Gasteiger partial charge < -0.3 is 5.73 Å². The van der Waals surface area contributed by atoms with Gasteiger partial charge in [-0.3, -0.25) is 14.5 Å². The molecule has 4 amide bonds. The molecular weight excluding hydrogens is 222 g/mol. The van der Waals surface area contributed by atoms with E-state index in [1.165, 1.54) is 18.4 Å². The van der Waals surface area contributed by atoms with E-state index >= 15 is 0 Å². The number of benzene rings is 1. The Morgan fingerprint density at radius 3 is 2.35 bits per heavy atom. The minimum Gasteiger partial charge on any atom is -0.322 e. The summed E-state index contributed by atoms with van der Waals surface area (Å²) < 4.78 is 0. The highest BCUT2D eigenvalue weighted by Gasteiger charge is 2.24. The van der Waals surface area contributed by atoms with Crippen LogP contribution in [0.25, 0.3) is 0 Å². The van der Waals surface area contributed by atoms with Crippen LogP contribution in [0.4, 0.5) is 10.5 Å². The molecule has 0 heterocycles. The van der Waals surface area contributed by atoms with Crippen molar-refractivity contribution in [1.29, 1.82) is 0 Å². The summed E-state index contributed by atoms with van der Waals surface area (Å²) in [7, 11) is 1.45. The van der Waals surface area contributed by atoms with Crippen molar-refractivity contribution in [3.8, 4) is 0 Å². The van der Waals surface area contributed by atoms with Crippen molar-refractivity contribution in [2.24, 2.45) is 5.73 Å². The number of hydrogen-bond donors (Lipinski definition) is 1. The lowest BCUT2D eigenvalue weighted by Crippen LogP contribution is -2.46. The van der Waals surface area contributed by atoms with Gasteiger partial charge in [0.15, 0.2) is 0 Å². The Balaban J connectivity index is 2.89. The zero-order valence-electron chi connectivity index (χ0n) is 9.29. The molecule has 0 aromatic heterocycles. The van der Waals surface area contributed by atoms with Crippen molar-refractivity contribution in [3.05, 3.63) is 30.3 Å². The molecule has 89 valence electrons. The molecule has 0 aliphatic carbocycles. The number of rotatable bonds is 3. The minimum atomic E-state index is -0.798. The summed E-state index contributed by atoms with van der Waals surface area (Å²) in [4.78, 5) is 35.1. The average molecular weight is 234 g/mol. The Bertz CT molecular complexity index is 419. The van der Waals surface area contributed by atoms with Crippen molar-refractivity contribution < 1.29 is 14.4 Å². The zero-order chi connectivity index (χ0) is 12.8. The third-order valence-corrected chi connectivity index (χ3v) is 2.14. The molecule has 1 radical (unpaired) electrons. The second-order valence-electron chi connectivity index (χ2n) is 3.20. The molecule has 0 fully saturated rings. The van der Waals surface area contributed by atoms with Crippen molar-refractivity contribution >= 4 is 24.0 Å². The third-order valence-electron chi connectivity index (χ3n) is 2.14. The Kier molecular flexibility index (Phi) is 4.36. The highest BCUT2D eigenvalue weighted by Crippen LogP contribution is 2.12.